The van der Waals surface area contributed by atoms with Crippen LogP contribution in [0.3, 0.4) is 0 Å². The highest BCUT2D eigenvalue weighted by Gasteiger charge is 2.31. The minimum Gasteiger partial charge on any atom is -0.334 e. The molecular weight excluding hydrogens is 308 g/mol. The van der Waals surface area contributed by atoms with Gasteiger partial charge in [0.1, 0.15) is 0 Å². The second-order valence-corrected chi connectivity index (χ2v) is 8.34. The molecule has 2 amide bonds. The van der Waals surface area contributed by atoms with Gasteiger partial charge in [-0.3, -0.25) is 0 Å². The molecule has 1 aliphatic heterocycles. The van der Waals surface area contributed by atoms with E-state index in [1.54, 1.807) is 11.3 Å². The SMILES string of the molecule is Cc1nc(C)c(C(C)N(C)C(=O)NC2CCN(CC3CC3)C2)s1. The summed E-state index contributed by atoms with van der Waals surface area (Å²) in [5, 5.41) is 4.27. The molecule has 1 aromatic rings. The summed E-state index contributed by atoms with van der Waals surface area (Å²) in [6.45, 7) is 9.46. The average Bonchev–Trinajstić information content (AvgIpc) is 3.10. The number of aromatic nitrogens is 1. The molecule has 1 N–H and O–H groups in total. The lowest BCUT2D eigenvalue weighted by Gasteiger charge is -2.26. The molecule has 2 unspecified atom stereocenters. The number of nitrogens with one attached hydrogen (secondary N) is 1. The molecule has 3 rings (SSSR count). The van der Waals surface area contributed by atoms with E-state index < -0.39 is 0 Å². The van der Waals surface area contributed by atoms with E-state index in [9.17, 15) is 4.79 Å². The van der Waals surface area contributed by atoms with E-state index >= 15 is 0 Å². The first-order chi connectivity index (χ1) is 10.9. The van der Waals surface area contributed by atoms with Crippen LogP contribution in [0.25, 0.3) is 0 Å². The molecule has 1 saturated carbocycles. The van der Waals surface area contributed by atoms with E-state index in [0.29, 0.717) is 6.04 Å². The summed E-state index contributed by atoms with van der Waals surface area (Å²) < 4.78 is 0. The normalized spacial score (nSPS) is 23.0. The zero-order valence-corrected chi connectivity index (χ0v) is 15.4. The Bertz CT molecular complexity index is 569. The summed E-state index contributed by atoms with van der Waals surface area (Å²) in [6.07, 6.45) is 3.85. The predicted octanol–water partition coefficient (Wildman–Crippen LogP) is 2.95. The van der Waals surface area contributed by atoms with Crippen molar-refractivity contribution in [2.45, 2.75) is 52.1 Å². The second-order valence-electron chi connectivity index (χ2n) is 7.11. The van der Waals surface area contributed by atoms with Crippen LogP contribution >= 0.6 is 11.3 Å². The van der Waals surface area contributed by atoms with Gasteiger partial charge < -0.3 is 15.1 Å². The number of aryl methyl sites for hydroxylation is 2. The number of carbonyl (C=O) groups is 1. The van der Waals surface area contributed by atoms with Gasteiger partial charge in [0.2, 0.25) is 0 Å². The minimum atomic E-state index is 0.0289. The third-order valence-electron chi connectivity index (χ3n) is 5.03. The van der Waals surface area contributed by atoms with Crippen molar-refractivity contribution in [1.82, 2.24) is 20.1 Å². The van der Waals surface area contributed by atoms with Crippen molar-refractivity contribution in [2.75, 3.05) is 26.7 Å². The molecule has 1 aliphatic carbocycles. The Kier molecular flexibility index (Phi) is 4.92. The zero-order chi connectivity index (χ0) is 16.6. The van der Waals surface area contributed by atoms with Gasteiger partial charge in [-0.05, 0) is 46.0 Å². The molecule has 0 radical (unpaired) electrons. The van der Waals surface area contributed by atoms with Gasteiger partial charge >= 0.3 is 6.03 Å². The third-order valence-corrected chi connectivity index (χ3v) is 6.28. The van der Waals surface area contributed by atoms with E-state index in [-0.39, 0.29) is 12.1 Å². The number of carbonyl (C=O) groups excluding carboxylic acids is 1. The average molecular weight is 337 g/mol. The minimum absolute atomic E-state index is 0.0289. The fourth-order valence-electron chi connectivity index (χ4n) is 3.34. The van der Waals surface area contributed by atoms with Crippen molar-refractivity contribution in [1.29, 1.82) is 0 Å². The lowest BCUT2D eigenvalue weighted by atomic mass is 10.2. The van der Waals surface area contributed by atoms with Gasteiger partial charge in [-0.25, -0.2) is 9.78 Å². The van der Waals surface area contributed by atoms with Crippen LogP contribution in [0.15, 0.2) is 0 Å². The highest BCUT2D eigenvalue weighted by atomic mass is 32.1. The molecule has 2 heterocycles. The Morgan fingerprint density at radius 1 is 1.43 bits per heavy atom. The summed E-state index contributed by atoms with van der Waals surface area (Å²) in [7, 11) is 1.88. The van der Waals surface area contributed by atoms with Crippen LogP contribution in [-0.2, 0) is 0 Å². The highest BCUT2D eigenvalue weighted by Crippen LogP contribution is 2.31. The standard InChI is InChI=1S/C17H28N4OS/c1-11-16(23-13(3)18-11)12(2)20(4)17(22)19-15-7-8-21(10-15)9-14-5-6-14/h12,14-15H,5-10H2,1-4H3,(H,19,22). The molecule has 1 aromatic heterocycles. The first kappa shape index (κ1) is 16.7. The molecule has 1 saturated heterocycles. The van der Waals surface area contributed by atoms with E-state index in [2.05, 4.69) is 22.1 Å². The Morgan fingerprint density at radius 2 is 2.17 bits per heavy atom. The van der Waals surface area contributed by atoms with E-state index in [0.717, 1.165) is 36.1 Å². The number of likely N-dealkylation sites (tertiary alicyclic amines) is 1. The molecule has 23 heavy (non-hydrogen) atoms. The Morgan fingerprint density at radius 3 is 2.78 bits per heavy atom. The van der Waals surface area contributed by atoms with Crippen LogP contribution < -0.4 is 5.32 Å². The number of amides is 2. The Hall–Kier alpha value is -1.14. The van der Waals surface area contributed by atoms with Gasteiger partial charge in [0.25, 0.3) is 0 Å². The Balaban J connectivity index is 1.52. The van der Waals surface area contributed by atoms with Crippen LogP contribution in [0.4, 0.5) is 4.79 Å². The number of nitrogens with zero attached hydrogens (tertiary/aromatic N) is 3. The largest absolute Gasteiger partial charge is 0.334 e. The topological polar surface area (TPSA) is 48.5 Å². The smallest absolute Gasteiger partial charge is 0.317 e. The molecule has 0 bridgehead atoms. The van der Waals surface area contributed by atoms with Gasteiger partial charge in [-0.2, -0.15) is 0 Å². The van der Waals surface area contributed by atoms with Crippen molar-refractivity contribution >= 4 is 17.4 Å². The molecule has 0 spiro atoms. The van der Waals surface area contributed by atoms with Crippen molar-refractivity contribution in [2.24, 2.45) is 5.92 Å². The van der Waals surface area contributed by atoms with Gasteiger partial charge in [-0.15, -0.1) is 11.3 Å². The van der Waals surface area contributed by atoms with Crippen LogP contribution in [0.1, 0.15) is 47.8 Å². The van der Waals surface area contributed by atoms with Crippen LogP contribution in [0.2, 0.25) is 0 Å². The summed E-state index contributed by atoms with van der Waals surface area (Å²) in [5.41, 5.74) is 1.04. The predicted molar refractivity (Wildman–Crippen MR) is 93.9 cm³/mol. The first-order valence-electron chi connectivity index (χ1n) is 8.63. The maximum Gasteiger partial charge on any atom is 0.317 e. The highest BCUT2D eigenvalue weighted by molar-refractivity contribution is 7.11. The molecule has 5 nitrogen and oxygen atoms in total. The quantitative estimate of drug-likeness (QED) is 0.899. The summed E-state index contributed by atoms with van der Waals surface area (Å²) in [4.78, 5) is 22.5. The number of hydrogen-bond donors (Lipinski definition) is 1. The monoisotopic (exact) mass is 336 g/mol. The lowest BCUT2D eigenvalue weighted by Crippen LogP contribution is -2.45. The number of thiazole rings is 1. The number of hydrogen-bond acceptors (Lipinski definition) is 4. The number of urea groups is 1. The molecule has 2 fully saturated rings. The second kappa shape index (κ2) is 6.77. The molecule has 2 aliphatic rings. The van der Waals surface area contributed by atoms with Gasteiger partial charge in [0.15, 0.2) is 0 Å². The fraction of sp³-hybridized carbons (Fsp3) is 0.765. The van der Waals surface area contributed by atoms with Gasteiger partial charge in [-0.1, -0.05) is 0 Å². The summed E-state index contributed by atoms with van der Waals surface area (Å²) in [6, 6.07) is 0.381. The molecule has 0 aromatic carbocycles. The Labute approximate surface area is 143 Å². The molecule has 2 atom stereocenters. The van der Waals surface area contributed by atoms with Gasteiger partial charge in [0.05, 0.1) is 16.7 Å². The lowest BCUT2D eigenvalue weighted by molar-refractivity contribution is 0.190. The zero-order valence-electron chi connectivity index (χ0n) is 14.6. The van der Waals surface area contributed by atoms with Crippen LogP contribution in [0.5, 0.6) is 0 Å². The summed E-state index contributed by atoms with van der Waals surface area (Å²) in [5.74, 6) is 0.921. The molecular formula is C17H28N4OS. The first-order valence-corrected chi connectivity index (χ1v) is 9.45. The van der Waals surface area contributed by atoms with E-state index in [4.69, 9.17) is 0 Å². The fourth-order valence-corrected chi connectivity index (χ4v) is 4.37. The van der Waals surface area contributed by atoms with Crippen molar-refractivity contribution in [3.8, 4) is 0 Å². The maximum atomic E-state index is 12.6. The van der Waals surface area contributed by atoms with Gasteiger partial charge in [0, 0.05) is 37.6 Å². The van der Waals surface area contributed by atoms with Crippen molar-refractivity contribution < 1.29 is 4.79 Å². The number of rotatable bonds is 5. The van der Waals surface area contributed by atoms with Crippen molar-refractivity contribution in [3.05, 3.63) is 15.6 Å². The van der Waals surface area contributed by atoms with E-state index in [1.807, 2.05) is 25.8 Å². The maximum absolute atomic E-state index is 12.6. The third kappa shape index (κ3) is 4.04. The summed E-state index contributed by atoms with van der Waals surface area (Å²) >= 11 is 1.68. The van der Waals surface area contributed by atoms with E-state index in [1.165, 1.54) is 24.3 Å². The molecule has 128 valence electrons. The van der Waals surface area contributed by atoms with Crippen LogP contribution in [-0.4, -0.2) is 53.5 Å². The molecule has 6 heteroatoms. The van der Waals surface area contributed by atoms with Crippen molar-refractivity contribution in [3.63, 3.8) is 0 Å². The van der Waals surface area contributed by atoms with Crippen LogP contribution in [0, 0.1) is 19.8 Å².